The van der Waals surface area contributed by atoms with Crippen LogP contribution in [-0.2, 0) is 0 Å². The zero-order chi connectivity index (χ0) is 15.4. The molecule has 6 nitrogen and oxygen atoms in total. The summed E-state index contributed by atoms with van der Waals surface area (Å²) in [5.41, 5.74) is 0.568. The Morgan fingerprint density at radius 3 is 2.90 bits per heavy atom. The van der Waals surface area contributed by atoms with Crippen LogP contribution in [0.15, 0.2) is 6.20 Å². The van der Waals surface area contributed by atoms with Crippen molar-refractivity contribution in [1.82, 2.24) is 14.9 Å². The lowest BCUT2D eigenvalue weighted by Crippen LogP contribution is -2.41. The number of aromatic carboxylic acids is 1. The maximum atomic E-state index is 11.4. The summed E-state index contributed by atoms with van der Waals surface area (Å²) in [4.78, 5) is 22.1. The van der Waals surface area contributed by atoms with Crippen LogP contribution in [0.4, 0.5) is 5.69 Å². The zero-order valence-electron chi connectivity index (χ0n) is 13.0. The summed E-state index contributed by atoms with van der Waals surface area (Å²) in [7, 11) is 2.11. The van der Waals surface area contributed by atoms with E-state index in [-0.39, 0.29) is 11.6 Å². The number of anilines is 1. The van der Waals surface area contributed by atoms with E-state index in [0.717, 1.165) is 19.5 Å². The van der Waals surface area contributed by atoms with Gasteiger partial charge in [0, 0.05) is 18.5 Å². The van der Waals surface area contributed by atoms with Crippen LogP contribution in [0.25, 0.3) is 0 Å². The number of piperidine rings is 1. The Labute approximate surface area is 125 Å². The molecule has 1 aromatic heterocycles. The lowest BCUT2D eigenvalue weighted by Gasteiger charge is -2.32. The van der Waals surface area contributed by atoms with Crippen LogP contribution in [0.1, 0.15) is 55.3 Å². The average Bonchev–Trinajstić information content (AvgIpc) is 2.46. The second-order valence-electron chi connectivity index (χ2n) is 5.96. The van der Waals surface area contributed by atoms with Crippen molar-refractivity contribution in [2.45, 2.75) is 45.1 Å². The molecule has 2 heterocycles. The van der Waals surface area contributed by atoms with Gasteiger partial charge in [0.2, 0.25) is 0 Å². The molecule has 0 spiro atoms. The lowest BCUT2D eigenvalue weighted by molar-refractivity contribution is 0.0691. The molecule has 1 aromatic rings. The van der Waals surface area contributed by atoms with Crippen molar-refractivity contribution in [3.63, 3.8) is 0 Å². The third kappa shape index (κ3) is 3.91. The highest BCUT2D eigenvalue weighted by atomic mass is 16.4. The molecular formula is C15H24N4O2. The molecule has 2 N–H and O–H groups in total. The summed E-state index contributed by atoms with van der Waals surface area (Å²) in [6.07, 6.45) is 5.19. The minimum Gasteiger partial charge on any atom is -0.476 e. The molecule has 21 heavy (non-hydrogen) atoms. The summed E-state index contributed by atoms with van der Waals surface area (Å²) in [6.45, 7) is 5.72. The van der Waals surface area contributed by atoms with Gasteiger partial charge in [-0.2, -0.15) is 0 Å². The van der Waals surface area contributed by atoms with Crippen molar-refractivity contribution in [3.05, 3.63) is 17.7 Å². The summed E-state index contributed by atoms with van der Waals surface area (Å²) < 4.78 is 0. The van der Waals surface area contributed by atoms with Gasteiger partial charge < -0.3 is 15.3 Å². The highest BCUT2D eigenvalue weighted by Gasteiger charge is 2.20. The molecule has 1 aliphatic heterocycles. The van der Waals surface area contributed by atoms with Crippen LogP contribution in [0, 0.1) is 0 Å². The number of hydrogen-bond acceptors (Lipinski definition) is 5. The SMILES string of the molecule is CC(C)c1ncc(NCC2CCCCN2C)c(C(=O)O)n1. The molecule has 1 saturated heterocycles. The number of likely N-dealkylation sites (N-methyl/N-ethyl adjacent to an activating group) is 1. The summed E-state index contributed by atoms with van der Waals surface area (Å²) in [5.74, 6) is -0.340. The summed E-state index contributed by atoms with van der Waals surface area (Å²) >= 11 is 0. The van der Waals surface area contributed by atoms with E-state index in [9.17, 15) is 9.90 Å². The number of likely N-dealkylation sites (tertiary alicyclic amines) is 1. The van der Waals surface area contributed by atoms with Gasteiger partial charge in [0.05, 0.1) is 11.9 Å². The van der Waals surface area contributed by atoms with Crippen molar-refractivity contribution in [2.24, 2.45) is 0 Å². The smallest absolute Gasteiger partial charge is 0.356 e. The lowest BCUT2D eigenvalue weighted by atomic mass is 10.0. The number of carbonyl (C=O) groups is 1. The predicted octanol–water partition coefficient (Wildman–Crippen LogP) is 2.19. The van der Waals surface area contributed by atoms with Crippen LogP contribution in [-0.4, -0.2) is 52.1 Å². The Balaban J connectivity index is 2.10. The van der Waals surface area contributed by atoms with Gasteiger partial charge in [-0.05, 0) is 26.4 Å². The first-order valence-electron chi connectivity index (χ1n) is 7.53. The number of rotatable bonds is 5. The van der Waals surface area contributed by atoms with E-state index in [2.05, 4.69) is 27.2 Å². The molecule has 0 radical (unpaired) electrons. The van der Waals surface area contributed by atoms with Crippen LogP contribution in [0.5, 0.6) is 0 Å². The quantitative estimate of drug-likeness (QED) is 0.866. The minimum absolute atomic E-state index is 0.0622. The second kappa shape index (κ2) is 6.85. The molecule has 116 valence electrons. The molecule has 1 unspecified atom stereocenters. The minimum atomic E-state index is -1.02. The van der Waals surface area contributed by atoms with Gasteiger partial charge in [-0.1, -0.05) is 20.3 Å². The van der Waals surface area contributed by atoms with Crippen LogP contribution >= 0.6 is 0 Å². The molecule has 0 aliphatic carbocycles. The number of aromatic nitrogens is 2. The number of hydrogen-bond donors (Lipinski definition) is 2. The van der Waals surface area contributed by atoms with Gasteiger partial charge in [0.1, 0.15) is 5.82 Å². The van der Waals surface area contributed by atoms with Crippen LogP contribution in [0.2, 0.25) is 0 Å². The largest absolute Gasteiger partial charge is 0.476 e. The topological polar surface area (TPSA) is 78.4 Å². The Morgan fingerprint density at radius 2 is 2.29 bits per heavy atom. The highest BCUT2D eigenvalue weighted by molar-refractivity contribution is 5.91. The Hall–Kier alpha value is -1.69. The maximum absolute atomic E-state index is 11.4. The Bertz CT molecular complexity index is 504. The molecule has 1 fully saturated rings. The second-order valence-corrected chi connectivity index (χ2v) is 5.96. The van der Waals surface area contributed by atoms with Gasteiger partial charge in [0.25, 0.3) is 0 Å². The molecule has 6 heteroatoms. The van der Waals surface area contributed by atoms with E-state index >= 15 is 0 Å². The molecule has 1 aliphatic rings. The monoisotopic (exact) mass is 292 g/mol. The van der Waals surface area contributed by atoms with E-state index < -0.39 is 5.97 Å². The van der Waals surface area contributed by atoms with E-state index in [1.165, 1.54) is 12.8 Å². The summed E-state index contributed by atoms with van der Waals surface area (Å²) in [6, 6.07) is 0.435. The predicted molar refractivity (Wildman–Crippen MR) is 81.8 cm³/mol. The molecule has 0 aromatic carbocycles. The molecule has 0 amide bonds. The highest BCUT2D eigenvalue weighted by Crippen LogP contribution is 2.19. The first kappa shape index (κ1) is 15.7. The fraction of sp³-hybridized carbons (Fsp3) is 0.667. The maximum Gasteiger partial charge on any atom is 0.356 e. The number of nitrogens with one attached hydrogen (secondary N) is 1. The fourth-order valence-corrected chi connectivity index (χ4v) is 2.60. The third-order valence-electron chi connectivity index (χ3n) is 3.98. The average molecular weight is 292 g/mol. The fourth-order valence-electron chi connectivity index (χ4n) is 2.60. The standard InChI is InChI=1S/C15H24N4O2/c1-10(2)14-17-9-12(13(18-14)15(20)21)16-8-11-6-4-5-7-19(11)3/h9-11,16H,4-8H2,1-3H3,(H,20,21). The Kier molecular flexibility index (Phi) is 5.12. The first-order valence-corrected chi connectivity index (χ1v) is 7.53. The number of carboxylic acids is 1. The normalized spacial score (nSPS) is 19.7. The van der Waals surface area contributed by atoms with Crippen molar-refractivity contribution in [2.75, 3.05) is 25.5 Å². The molecule has 0 saturated carbocycles. The van der Waals surface area contributed by atoms with Crippen molar-refractivity contribution >= 4 is 11.7 Å². The van der Waals surface area contributed by atoms with Gasteiger partial charge in [-0.3, -0.25) is 0 Å². The van der Waals surface area contributed by atoms with Gasteiger partial charge in [-0.25, -0.2) is 14.8 Å². The van der Waals surface area contributed by atoms with E-state index in [0.29, 0.717) is 17.6 Å². The molecule has 2 rings (SSSR count). The molecule has 0 bridgehead atoms. The van der Waals surface area contributed by atoms with Gasteiger partial charge >= 0.3 is 5.97 Å². The van der Waals surface area contributed by atoms with Crippen molar-refractivity contribution in [1.29, 1.82) is 0 Å². The van der Waals surface area contributed by atoms with E-state index in [1.54, 1.807) is 6.20 Å². The molecule has 1 atom stereocenters. The van der Waals surface area contributed by atoms with Crippen LogP contribution in [0.3, 0.4) is 0 Å². The first-order chi connectivity index (χ1) is 9.99. The number of carboxylic acid groups (broad SMARTS) is 1. The van der Waals surface area contributed by atoms with Gasteiger partial charge in [0.15, 0.2) is 5.69 Å². The summed E-state index contributed by atoms with van der Waals surface area (Å²) in [5, 5.41) is 12.5. The van der Waals surface area contributed by atoms with E-state index in [4.69, 9.17) is 0 Å². The molecular weight excluding hydrogens is 268 g/mol. The van der Waals surface area contributed by atoms with Crippen molar-refractivity contribution < 1.29 is 9.90 Å². The Morgan fingerprint density at radius 1 is 1.52 bits per heavy atom. The van der Waals surface area contributed by atoms with E-state index in [1.807, 2.05) is 13.8 Å². The van der Waals surface area contributed by atoms with Crippen molar-refractivity contribution in [3.8, 4) is 0 Å². The zero-order valence-corrected chi connectivity index (χ0v) is 13.0. The van der Waals surface area contributed by atoms with Crippen LogP contribution < -0.4 is 5.32 Å². The van der Waals surface area contributed by atoms with Gasteiger partial charge in [-0.15, -0.1) is 0 Å². The number of nitrogens with zero attached hydrogens (tertiary/aromatic N) is 3. The third-order valence-corrected chi connectivity index (χ3v) is 3.98.